The topological polar surface area (TPSA) is 97.1 Å². The van der Waals surface area contributed by atoms with Gasteiger partial charge in [-0.1, -0.05) is 48.5 Å². The maximum atomic E-state index is 12.0. The molecular weight excluding hydrogens is 436 g/mol. The van der Waals surface area contributed by atoms with Crippen LogP contribution in [-0.4, -0.2) is 28.5 Å². The number of para-hydroxylation sites is 1. The fraction of sp³-hybridized carbons (Fsp3) is 0.238. The van der Waals surface area contributed by atoms with Gasteiger partial charge in [0.2, 0.25) is 23.5 Å². The molecule has 2 aromatic carbocycles. The van der Waals surface area contributed by atoms with Crippen molar-refractivity contribution in [1.29, 1.82) is 0 Å². The molecule has 0 aliphatic rings. The highest BCUT2D eigenvalue weighted by atomic mass is 79.9. The molecule has 29 heavy (non-hydrogen) atoms. The molecule has 3 aromatic rings. The molecule has 0 radical (unpaired) electrons. The van der Waals surface area contributed by atoms with Crippen molar-refractivity contribution in [2.45, 2.75) is 26.2 Å². The summed E-state index contributed by atoms with van der Waals surface area (Å²) in [5.74, 6) is 0.309. The van der Waals surface area contributed by atoms with Gasteiger partial charge in [-0.3, -0.25) is 9.59 Å². The smallest absolute Gasteiger partial charge is 0.243 e. The highest BCUT2D eigenvalue weighted by Crippen LogP contribution is 2.21. The first-order valence-electron chi connectivity index (χ1n) is 9.28. The second-order valence-corrected chi connectivity index (χ2v) is 7.22. The van der Waals surface area contributed by atoms with Gasteiger partial charge >= 0.3 is 0 Å². The molecule has 0 fully saturated rings. The largest absolute Gasteiger partial charge is 0.347 e. The number of nitrogens with zero attached hydrogens (tertiary/aromatic N) is 2. The third-order valence-corrected chi connectivity index (χ3v) is 4.94. The number of anilines is 1. The number of carbonyl (C=O) groups excluding carboxylic acids is 2. The van der Waals surface area contributed by atoms with Crippen LogP contribution in [0.2, 0.25) is 0 Å². The first-order valence-corrected chi connectivity index (χ1v) is 10.1. The Morgan fingerprint density at radius 2 is 1.83 bits per heavy atom. The fourth-order valence-corrected chi connectivity index (χ4v) is 2.99. The minimum Gasteiger partial charge on any atom is -0.347 e. The number of amides is 2. The molecule has 1 heterocycles. The van der Waals surface area contributed by atoms with Crippen molar-refractivity contribution in [1.82, 2.24) is 15.5 Å². The summed E-state index contributed by atoms with van der Waals surface area (Å²) >= 11 is 3.36. The monoisotopic (exact) mass is 456 g/mol. The summed E-state index contributed by atoms with van der Waals surface area (Å²) in [6.07, 6.45) is 1.42. The fourth-order valence-electron chi connectivity index (χ4n) is 2.61. The van der Waals surface area contributed by atoms with Gasteiger partial charge in [0.15, 0.2) is 0 Å². The molecule has 150 valence electrons. The molecule has 0 unspecified atom stereocenters. The predicted molar refractivity (Wildman–Crippen MR) is 113 cm³/mol. The summed E-state index contributed by atoms with van der Waals surface area (Å²) in [7, 11) is 0. The van der Waals surface area contributed by atoms with Gasteiger partial charge in [-0.2, -0.15) is 4.98 Å². The van der Waals surface area contributed by atoms with E-state index in [9.17, 15) is 9.59 Å². The maximum Gasteiger partial charge on any atom is 0.243 e. The molecule has 2 amide bonds. The lowest BCUT2D eigenvalue weighted by molar-refractivity contribution is -0.124. The van der Waals surface area contributed by atoms with Crippen LogP contribution < -0.4 is 10.6 Å². The molecule has 7 nitrogen and oxygen atoms in total. The normalized spacial score (nSPS) is 10.6. The van der Waals surface area contributed by atoms with Crippen molar-refractivity contribution in [2.75, 3.05) is 11.9 Å². The number of aromatic nitrogens is 2. The summed E-state index contributed by atoms with van der Waals surface area (Å²) in [6.45, 7) is 1.98. The number of carbonyl (C=O) groups is 2. The molecule has 0 aliphatic carbocycles. The number of hydrogen-bond acceptors (Lipinski definition) is 5. The van der Waals surface area contributed by atoms with Crippen LogP contribution in [-0.2, 0) is 22.4 Å². The van der Waals surface area contributed by atoms with Crippen LogP contribution >= 0.6 is 15.9 Å². The molecule has 0 saturated heterocycles. The number of hydrogen-bond donors (Lipinski definition) is 2. The van der Waals surface area contributed by atoms with Crippen LogP contribution in [0.5, 0.6) is 0 Å². The zero-order valence-corrected chi connectivity index (χ0v) is 17.5. The summed E-state index contributed by atoms with van der Waals surface area (Å²) in [5.41, 5.74) is 2.75. The highest BCUT2D eigenvalue weighted by molar-refractivity contribution is 9.10. The molecule has 0 bridgehead atoms. The van der Waals surface area contributed by atoms with Crippen molar-refractivity contribution < 1.29 is 14.1 Å². The lowest BCUT2D eigenvalue weighted by Crippen LogP contribution is -2.33. The van der Waals surface area contributed by atoms with Gasteiger partial charge in [0, 0.05) is 22.9 Å². The van der Waals surface area contributed by atoms with Crippen LogP contribution in [0.15, 0.2) is 57.5 Å². The molecule has 0 spiro atoms. The zero-order valence-electron chi connectivity index (χ0n) is 15.9. The first kappa shape index (κ1) is 20.7. The highest BCUT2D eigenvalue weighted by Gasteiger charge is 2.12. The van der Waals surface area contributed by atoms with Crippen molar-refractivity contribution in [2.24, 2.45) is 0 Å². The summed E-state index contributed by atoms with van der Waals surface area (Å²) in [4.78, 5) is 28.3. The van der Waals surface area contributed by atoms with E-state index in [4.69, 9.17) is 4.52 Å². The molecule has 8 heteroatoms. The Labute approximate surface area is 177 Å². The second kappa shape index (κ2) is 9.97. The van der Waals surface area contributed by atoms with Crippen molar-refractivity contribution in [3.63, 3.8) is 0 Å². The van der Waals surface area contributed by atoms with E-state index in [1.165, 1.54) is 5.56 Å². The van der Waals surface area contributed by atoms with E-state index >= 15 is 0 Å². The maximum absolute atomic E-state index is 12.0. The van der Waals surface area contributed by atoms with E-state index < -0.39 is 0 Å². The molecular formula is C21H21BrN4O3. The minimum absolute atomic E-state index is 0.112. The van der Waals surface area contributed by atoms with E-state index in [2.05, 4.69) is 43.6 Å². The van der Waals surface area contributed by atoms with E-state index in [-0.39, 0.29) is 24.8 Å². The predicted octanol–water partition coefficient (Wildman–Crippen LogP) is 3.75. The Morgan fingerprint density at radius 1 is 1.07 bits per heavy atom. The lowest BCUT2D eigenvalue weighted by atomic mass is 10.1. The van der Waals surface area contributed by atoms with Gasteiger partial charge in [-0.15, -0.1) is 0 Å². The quantitative estimate of drug-likeness (QED) is 0.537. The van der Waals surface area contributed by atoms with Crippen LogP contribution in [0.1, 0.15) is 24.8 Å². The Balaban J connectivity index is 1.44. The van der Waals surface area contributed by atoms with Crippen molar-refractivity contribution >= 4 is 33.4 Å². The first-order chi connectivity index (χ1) is 14.0. The Bertz CT molecular complexity index is 986. The van der Waals surface area contributed by atoms with Crippen molar-refractivity contribution in [3.8, 4) is 11.4 Å². The van der Waals surface area contributed by atoms with Gasteiger partial charge in [0.05, 0.1) is 12.2 Å². The molecule has 2 N–H and O–H groups in total. The van der Waals surface area contributed by atoms with Gasteiger partial charge < -0.3 is 15.2 Å². The summed E-state index contributed by atoms with van der Waals surface area (Å²) in [6, 6.07) is 15.2. The number of halogens is 1. The van der Waals surface area contributed by atoms with E-state index in [0.717, 1.165) is 16.5 Å². The summed E-state index contributed by atoms with van der Waals surface area (Å²) in [5, 5.41) is 9.28. The molecule has 3 rings (SSSR count). The lowest BCUT2D eigenvalue weighted by Gasteiger charge is -2.08. The van der Waals surface area contributed by atoms with Gasteiger partial charge in [-0.05, 0) is 40.0 Å². The molecule has 0 aliphatic heterocycles. The average Bonchev–Trinajstić information content (AvgIpc) is 3.21. The zero-order chi connectivity index (χ0) is 20.6. The standard InChI is InChI=1S/C21H21BrN4O3/c1-2-14-7-9-15(10-8-14)21-25-20(29-26-21)12-11-18(27)23-13-19(28)24-17-6-4-3-5-16(17)22/h3-10H,2,11-13H2,1H3,(H,23,27)(H,24,28). The number of benzene rings is 2. The Kier molecular flexibility index (Phi) is 7.13. The van der Waals surface area contributed by atoms with E-state index in [1.54, 1.807) is 6.07 Å². The average molecular weight is 457 g/mol. The number of nitrogens with one attached hydrogen (secondary N) is 2. The van der Waals surface area contributed by atoms with Gasteiger partial charge in [0.25, 0.3) is 0 Å². The molecule has 0 saturated carbocycles. The molecule has 1 aromatic heterocycles. The number of aryl methyl sites for hydroxylation is 2. The third kappa shape index (κ3) is 5.99. The van der Waals surface area contributed by atoms with Gasteiger partial charge in [-0.25, -0.2) is 0 Å². The Morgan fingerprint density at radius 3 is 2.55 bits per heavy atom. The van der Waals surface area contributed by atoms with Gasteiger partial charge in [0.1, 0.15) is 0 Å². The minimum atomic E-state index is -0.305. The third-order valence-electron chi connectivity index (χ3n) is 4.25. The Hall–Kier alpha value is -3.00. The summed E-state index contributed by atoms with van der Waals surface area (Å²) < 4.78 is 5.99. The second-order valence-electron chi connectivity index (χ2n) is 6.37. The number of rotatable bonds is 8. The van der Waals surface area contributed by atoms with Crippen LogP contribution in [0.25, 0.3) is 11.4 Å². The molecule has 0 atom stereocenters. The van der Waals surface area contributed by atoms with Crippen LogP contribution in [0.3, 0.4) is 0 Å². The van der Waals surface area contributed by atoms with Crippen molar-refractivity contribution in [3.05, 3.63) is 64.5 Å². The van der Waals surface area contributed by atoms with E-state index in [0.29, 0.717) is 23.8 Å². The van der Waals surface area contributed by atoms with Crippen LogP contribution in [0, 0.1) is 0 Å². The SMILES string of the molecule is CCc1ccc(-c2noc(CCC(=O)NCC(=O)Nc3ccccc3Br)n2)cc1. The van der Waals surface area contributed by atoms with E-state index in [1.807, 2.05) is 42.5 Å². The van der Waals surface area contributed by atoms with Crippen LogP contribution in [0.4, 0.5) is 5.69 Å².